The Balaban J connectivity index is 5.38. The Morgan fingerprint density at radius 1 is 1.08 bits per heavy atom. The van der Waals surface area contributed by atoms with Crippen LogP contribution in [0, 0.1) is 0 Å². The zero-order valence-electron chi connectivity index (χ0n) is 5.28. The van der Waals surface area contributed by atoms with Crippen LogP contribution in [0.1, 0.15) is 0 Å². The lowest BCUT2D eigenvalue weighted by Crippen LogP contribution is -1.78. The summed E-state index contributed by atoms with van der Waals surface area (Å²) in [7, 11) is -5.20. The normalized spacial score (nSPS) is 14.0. The first kappa shape index (κ1) is 14.8. The second kappa shape index (κ2) is 4.75. The highest BCUT2D eigenvalue weighted by molar-refractivity contribution is 8.29. The van der Waals surface area contributed by atoms with Gasteiger partial charge >= 0.3 is 10.4 Å². The van der Waals surface area contributed by atoms with Crippen molar-refractivity contribution >= 4 is 77.6 Å². The van der Waals surface area contributed by atoms with Gasteiger partial charge in [0.15, 0.2) is 0 Å². The van der Waals surface area contributed by atoms with Crippen molar-refractivity contribution in [2.45, 2.75) is 0 Å². The van der Waals surface area contributed by atoms with Crippen LogP contribution in [0.4, 0.5) is 3.89 Å². The van der Waals surface area contributed by atoms with E-state index >= 15 is 0 Å². The number of hydrogen-bond donors (Lipinski definition) is 0. The van der Waals surface area contributed by atoms with Gasteiger partial charge < -0.3 is 0 Å². The third-order valence-corrected chi connectivity index (χ3v) is 7.80. The van der Waals surface area contributed by atoms with Crippen LogP contribution in [-0.4, -0.2) is 8.42 Å². The largest absolute Gasteiger partial charge is 0.420 e. The first-order chi connectivity index (χ1) is 5.41. The smallest absolute Gasteiger partial charge is 0.190 e. The number of rotatable bonds is 2. The number of hydrogen-bond acceptors (Lipinski definition) is 2. The van der Waals surface area contributed by atoms with E-state index in [1.54, 1.807) is 0 Å². The summed E-state index contributed by atoms with van der Waals surface area (Å²) >= 11 is 26.0. The topological polar surface area (TPSA) is 58.9 Å². The Morgan fingerprint density at radius 2 is 1.46 bits per heavy atom. The molecular weight excluding hydrogens is 350 g/mol. The van der Waals surface area contributed by atoms with Crippen molar-refractivity contribution in [1.29, 1.82) is 0 Å². The summed E-state index contributed by atoms with van der Waals surface area (Å²) < 4.78 is 37.4. The van der Waals surface area contributed by atoms with E-state index in [0.717, 1.165) is 0 Å². The molecule has 0 radical (unpaired) electrons. The molecule has 0 atom stereocenters. The highest BCUT2D eigenvalue weighted by Gasteiger charge is 2.21. The van der Waals surface area contributed by atoms with Gasteiger partial charge in [0.05, 0.1) is 0 Å². The molecule has 0 bridgehead atoms. The van der Waals surface area contributed by atoms with Gasteiger partial charge in [0.2, 0.25) is 5.11 Å². The zero-order valence-corrected chi connectivity index (χ0v) is 11.7. The minimum atomic E-state index is -5.20. The molecule has 0 heterocycles. The van der Waals surface area contributed by atoms with E-state index in [1.165, 1.54) is 0 Å². The van der Waals surface area contributed by atoms with Crippen molar-refractivity contribution in [3.05, 3.63) is 0 Å². The summed E-state index contributed by atoms with van der Waals surface area (Å²) in [6.07, 6.45) is 0. The molecule has 13 heteroatoms. The van der Waals surface area contributed by atoms with Crippen LogP contribution in [0.15, 0.2) is 8.67 Å². The number of nitrogens with zero attached hydrogens (tertiary/aromatic N) is 2. The Morgan fingerprint density at radius 3 is 1.69 bits per heavy atom. The van der Waals surface area contributed by atoms with Crippen LogP contribution < -0.4 is 0 Å². The van der Waals surface area contributed by atoms with Gasteiger partial charge in [-0.2, -0.15) is 12.9 Å². The lowest BCUT2D eigenvalue weighted by Gasteiger charge is -2.02. The molecule has 0 fully saturated rings. The Bertz CT molecular complexity index is 380. The lowest BCUT2D eigenvalue weighted by atomic mass is 13.9. The molecule has 0 unspecified atom stereocenters. The maximum absolute atomic E-state index is 11.9. The molecule has 0 aromatic rings. The third kappa shape index (κ3) is 10.1. The molecule has 0 aliphatic rings. The molecule has 0 aliphatic heterocycles. The van der Waals surface area contributed by atoms with Crippen LogP contribution >= 0.6 is 67.2 Å². The minimum absolute atomic E-state index is 2.38. The van der Waals surface area contributed by atoms with E-state index in [1.807, 2.05) is 0 Å². The molecule has 0 aromatic heterocycles. The van der Waals surface area contributed by atoms with Crippen molar-refractivity contribution in [3.63, 3.8) is 0 Å². The Hall–Kier alpha value is 1.79. The van der Waals surface area contributed by atoms with Gasteiger partial charge in [0, 0.05) is 0 Å². The SMILES string of the molecule is O=S(=O)(F)N=P(Cl)(Cl)N=P(Cl)(Cl)Cl. The highest BCUT2D eigenvalue weighted by Crippen LogP contribution is 2.76. The standard InChI is InChI=1S/Cl5FN2O2P2S/c1-11(2,3)7-12(4,5)8-13(6,9)10. The second-order valence-corrected chi connectivity index (χ2v) is 14.7. The molecule has 0 N–H and O–H groups in total. The molecule has 0 spiro atoms. The van der Waals surface area contributed by atoms with Crippen molar-refractivity contribution < 1.29 is 12.3 Å². The van der Waals surface area contributed by atoms with Gasteiger partial charge in [0.1, 0.15) is 0 Å². The van der Waals surface area contributed by atoms with Gasteiger partial charge in [-0.25, -0.2) is 0 Å². The fourth-order valence-electron chi connectivity index (χ4n) is 0.256. The molecule has 4 nitrogen and oxygen atoms in total. The molecule has 0 aliphatic carbocycles. The third-order valence-electron chi connectivity index (χ3n) is 0.405. The van der Waals surface area contributed by atoms with Crippen molar-refractivity contribution in [3.8, 4) is 0 Å². The van der Waals surface area contributed by atoms with Gasteiger partial charge in [0.25, 0.3) is 5.91 Å². The Labute approximate surface area is 98.1 Å². The molecular formula is Cl5FN2O2P2S. The quantitative estimate of drug-likeness (QED) is 0.502. The van der Waals surface area contributed by atoms with Gasteiger partial charge in [-0.05, 0) is 56.2 Å². The maximum atomic E-state index is 11.9. The maximum Gasteiger partial charge on any atom is 0.420 e. The van der Waals surface area contributed by atoms with Gasteiger partial charge in [-0.3, -0.25) is 0 Å². The van der Waals surface area contributed by atoms with Gasteiger partial charge in [-0.1, -0.05) is 3.89 Å². The summed E-state index contributed by atoms with van der Waals surface area (Å²) in [5, 5.41) is -3.32. The van der Waals surface area contributed by atoms with Crippen molar-refractivity contribution in [2.24, 2.45) is 8.67 Å². The lowest BCUT2D eigenvalue weighted by molar-refractivity contribution is 0.555. The van der Waals surface area contributed by atoms with E-state index in [-0.39, 0.29) is 0 Å². The Kier molecular flexibility index (Phi) is 5.41. The molecule has 0 rings (SSSR count). The van der Waals surface area contributed by atoms with Crippen molar-refractivity contribution in [2.75, 3.05) is 0 Å². The zero-order chi connectivity index (χ0) is 10.9. The first-order valence-electron chi connectivity index (χ1n) is 2.12. The molecule has 0 saturated carbocycles. The predicted molar refractivity (Wildman–Crippen MR) is 58.0 cm³/mol. The average molecular weight is 350 g/mol. The van der Waals surface area contributed by atoms with Crippen molar-refractivity contribution in [1.82, 2.24) is 0 Å². The summed E-state index contributed by atoms with van der Waals surface area (Å²) in [5.74, 6) is -3.80. The fraction of sp³-hybridized carbons (Fsp3) is 0. The average Bonchev–Trinajstić information content (AvgIpc) is 1.43. The number of halogens is 6. The second-order valence-electron chi connectivity index (χ2n) is 1.46. The van der Waals surface area contributed by atoms with E-state index < -0.39 is 21.4 Å². The van der Waals surface area contributed by atoms with Crippen LogP contribution in [-0.2, 0) is 10.4 Å². The molecule has 0 amide bonds. The van der Waals surface area contributed by atoms with Gasteiger partial charge in [-0.15, -0.1) is 4.15 Å². The first-order valence-corrected chi connectivity index (χ1v) is 11.4. The van der Waals surface area contributed by atoms with E-state index in [0.29, 0.717) is 0 Å². The van der Waals surface area contributed by atoms with E-state index in [2.05, 4.69) is 8.67 Å². The highest BCUT2D eigenvalue weighted by atomic mass is 36.0. The molecule has 13 heavy (non-hydrogen) atoms. The van der Waals surface area contributed by atoms with Crippen LogP contribution in [0.5, 0.6) is 0 Å². The molecule has 0 aromatic carbocycles. The fourth-order valence-corrected chi connectivity index (χ4v) is 10.3. The van der Waals surface area contributed by atoms with Crippen LogP contribution in [0.25, 0.3) is 0 Å². The van der Waals surface area contributed by atoms with Crippen LogP contribution in [0.2, 0.25) is 0 Å². The molecule has 80 valence electrons. The summed E-state index contributed by atoms with van der Waals surface area (Å²) in [4.78, 5) is 0. The summed E-state index contributed by atoms with van der Waals surface area (Å²) in [5.41, 5.74) is 0. The predicted octanol–water partition coefficient (Wildman–Crippen LogP) is 5.29. The van der Waals surface area contributed by atoms with Crippen LogP contribution in [0.3, 0.4) is 0 Å². The van der Waals surface area contributed by atoms with E-state index in [4.69, 9.17) is 56.2 Å². The summed E-state index contributed by atoms with van der Waals surface area (Å²) in [6, 6.07) is 0. The monoisotopic (exact) mass is 348 g/mol. The molecule has 0 saturated heterocycles. The summed E-state index contributed by atoms with van der Waals surface area (Å²) in [6.45, 7) is 0. The minimum Gasteiger partial charge on any atom is -0.190 e. The van der Waals surface area contributed by atoms with E-state index in [9.17, 15) is 12.3 Å².